The smallest absolute Gasteiger partial charge is 0.287 e. The SMILES string of the molecule is C=C(Cl)CNC(=O)c1ccc(Br)o1. The van der Waals surface area contributed by atoms with E-state index < -0.39 is 0 Å². The summed E-state index contributed by atoms with van der Waals surface area (Å²) in [7, 11) is 0. The molecule has 0 spiro atoms. The van der Waals surface area contributed by atoms with Gasteiger partial charge in [-0.1, -0.05) is 18.2 Å². The van der Waals surface area contributed by atoms with Crippen LogP contribution in [0.15, 0.2) is 32.8 Å². The minimum Gasteiger partial charge on any atom is -0.444 e. The summed E-state index contributed by atoms with van der Waals surface area (Å²) in [5, 5.41) is 2.90. The number of carbonyl (C=O) groups is 1. The highest BCUT2D eigenvalue weighted by Gasteiger charge is 2.09. The van der Waals surface area contributed by atoms with E-state index >= 15 is 0 Å². The van der Waals surface area contributed by atoms with Crippen LogP contribution >= 0.6 is 27.5 Å². The number of nitrogens with one attached hydrogen (secondary N) is 1. The Kier molecular flexibility index (Phi) is 3.57. The zero-order valence-corrected chi connectivity index (χ0v) is 8.98. The number of carbonyl (C=O) groups excluding carboxylic acids is 1. The molecule has 0 aromatic carbocycles. The third kappa shape index (κ3) is 3.24. The average Bonchev–Trinajstić information content (AvgIpc) is 2.47. The summed E-state index contributed by atoms with van der Waals surface area (Å²) in [6, 6.07) is 3.21. The number of rotatable bonds is 3. The first kappa shape index (κ1) is 10.3. The van der Waals surface area contributed by atoms with Crippen LogP contribution in [0.2, 0.25) is 0 Å². The first-order valence-electron chi connectivity index (χ1n) is 3.46. The number of furan rings is 1. The fraction of sp³-hybridized carbons (Fsp3) is 0.125. The predicted molar refractivity (Wildman–Crippen MR) is 53.7 cm³/mol. The summed E-state index contributed by atoms with van der Waals surface area (Å²) in [6.07, 6.45) is 0. The van der Waals surface area contributed by atoms with E-state index in [1.165, 1.54) is 0 Å². The standard InChI is InChI=1S/C8H7BrClNO2/c1-5(10)4-11-8(12)6-2-3-7(9)13-6/h2-3H,1,4H2,(H,11,12). The zero-order chi connectivity index (χ0) is 9.84. The summed E-state index contributed by atoms with van der Waals surface area (Å²) in [4.78, 5) is 11.2. The van der Waals surface area contributed by atoms with E-state index in [2.05, 4.69) is 27.8 Å². The van der Waals surface area contributed by atoms with E-state index in [4.69, 9.17) is 16.0 Å². The molecule has 0 aliphatic carbocycles. The predicted octanol–water partition coefficient (Wildman–Crippen LogP) is 2.52. The topological polar surface area (TPSA) is 42.2 Å². The van der Waals surface area contributed by atoms with Crippen LogP contribution in [0.25, 0.3) is 0 Å². The molecule has 0 saturated heterocycles. The van der Waals surface area contributed by atoms with Gasteiger partial charge in [0.25, 0.3) is 5.91 Å². The average molecular weight is 265 g/mol. The fourth-order valence-corrected chi connectivity index (χ4v) is 1.07. The molecule has 70 valence electrons. The van der Waals surface area contributed by atoms with Crippen LogP contribution in [0.3, 0.4) is 0 Å². The highest BCUT2D eigenvalue weighted by molar-refractivity contribution is 9.10. The lowest BCUT2D eigenvalue weighted by molar-refractivity contribution is 0.0929. The fourth-order valence-electron chi connectivity index (χ4n) is 0.700. The normalized spacial score (nSPS) is 9.69. The molecule has 1 aromatic heterocycles. The van der Waals surface area contributed by atoms with E-state index in [1.54, 1.807) is 12.1 Å². The van der Waals surface area contributed by atoms with Crippen LogP contribution in [0.4, 0.5) is 0 Å². The number of amides is 1. The Morgan fingerprint density at radius 3 is 2.85 bits per heavy atom. The van der Waals surface area contributed by atoms with Crippen LogP contribution in [0, 0.1) is 0 Å². The Hall–Kier alpha value is -0.740. The minimum absolute atomic E-state index is 0.235. The molecule has 0 atom stereocenters. The van der Waals surface area contributed by atoms with Crippen molar-refractivity contribution in [1.29, 1.82) is 0 Å². The lowest BCUT2D eigenvalue weighted by Crippen LogP contribution is -2.23. The van der Waals surface area contributed by atoms with Crippen molar-refractivity contribution in [3.63, 3.8) is 0 Å². The van der Waals surface area contributed by atoms with Crippen LogP contribution in [-0.4, -0.2) is 12.5 Å². The minimum atomic E-state index is -0.312. The molecule has 0 saturated carbocycles. The largest absolute Gasteiger partial charge is 0.444 e. The van der Waals surface area contributed by atoms with E-state index in [-0.39, 0.29) is 18.2 Å². The Labute approximate surface area is 88.9 Å². The van der Waals surface area contributed by atoms with Gasteiger partial charge in [-0.3, -0.25) is 4.79 Å². The molecule has 0 unspecified atom stereocenters. The van der Waals surface area contributed by atoms with Crippen molar-refractivity contribution < 1.29 is 9.21 Å². The lowest BCUT2D eigenvalue weighted by Gasteiger charge is -1.99. The van der Waals surface area contributed by atoms with Crippen LogP contribution in [0.1, 0.15) is 10.6 Å². The molecule has 1 N–H and O–H groups in total. The van der Waals surface area contributed by atoms with Gasteiger partial charge in [0, 0.05) is 5.03 Å². The molecule has 1 amide bonds. The van der Waals surface area contributed by atoms with Crippen molar-refractivity contribution in [2.24, 2.45) is 0 Å². The summed E-state index contributed by atoms with van der Waals surface area (Å²) >= 11 is 8.56. The van der Waals surface area contributed by atoms with Gasteiger partial charge in [-0.2, -0.15) is 0 Å². The Bertz CT molecular complexity index is 335. The second-order valence-electron chi connectivity index (χ2n) is 2.30. The third-order valence-corrected chi connectivity index (χ3v) is 1.80. The van der Waals surface area contributed by atoms with Crippen molar-refractivity contribution in [3.8, 4) is 0 Å². The van der Waals surface area contributed by atoms with Crippen LogP contribution in [0.5, 0.6) is 0 Å². The molecule has 13 heavy (non-hydrogen) atoms. The van der Waals surface area contributed by atoms with E-state index in [9.17, 15) is 4.79 Å². The maximum Gasteiger partial charge on any atom is 0.287 e. The molecule has 1 rings (SSSR count). The highest BCUT2D eigenvalue weighted by atomic mass is 79.9. The number of halogens is 2. The van der Waals surface area contributed by atoms with Gasteiger partial charge in [-0.25, -0.2) is 0 Å². The highest BCUT2D eigenvalue weighted by Crippen LogP contribution is 2.13. The molecule has 0 bridgehead atoms. The molecular weight excluding hydrogens is 257 g/mol. The Balaban J connectivity index is 2.54. The van der Waals surface area contributed by atoms with Gasteiger partial charge < -0.3 is 9.73 Å². The van der Waals surface area contributed by atoms with Crippen molar-refractivity contribution in [1.82, 2.24) is 5.32 Å². The second kappa shape index (κ2) is 4.48. The van der Waals surface area contributed by atoms with Gasteiger partial charge in [0.15, 0.2) is 10.4 Å². The molecule has 0 radical (unpaired) electrons. The molecule has 3 nitrogen and oxygen atoms in total. The molecule has 0 aliphatic heterocycles. The number of hydrogen-bond donors (Lipinski definition) is 1. The van der Waals surface area contributed by atoms with Crippen molar-refractivity contribution in [3.05, 3.63) is 34.2 Å². The van der Waals surface area contributed by atoms with Crippen LogP contribution in [-0.2, 0) is 0 Å². The van der Waals surface area contributed by atoms with Crippen molar-refractivity contribution in [2.45, 2.75) is 0 Å². The van der Waals surface area contributed by atoms with Crippen LogP contribution < -0.4 is 5.32 Å². The molecule has 1 aromatic rings. The van der Waals surface area contributed by atoms with Crippen molar-refractivity contribution >= 4 is 33.4 Å². The summed E-state index contributed by atoms with van der Waals surface area (Å²) in [5.74, 6) is -0.0720. The maximum absolute atomic E-state index is 11.2. The van der Waals surface area contributed by atoms with Gasteiger partial charge in [-0.05, 0) is 28.1 Å². The van der Waals surface area contributed by atoms with Gasteiger partial charge >= 0.3 is 0 Å². The number of hydrogen-bond acceptors (Lipinski definition) is 2. The Morgan fingerprint density at radius 1 is 1.69 bits per heavy atom. The summed E-state index contributed by atoms with van der Waals surface area (Å²) in [6.45, 7) is 3.67. The monoisotopic (exact) mass is 263 g/mol. The Morgan fingerprint density at radius 2 is 2.38 bits per heavy atom. The first-order valence-corrected chi connectivity index (χ1v) is 4.63. The molecular formula is C8H7BrClNO2. The van der Waals surface area contributed by atoms with E-state index in [0.717, 1.165) is 0 Å². The quantitative estimate of drug-likeness (QED) is 0.911. The lowest BCUT2D eigenvalue weighted by atomic mass is 10.4. The van der Waals surface area contributed by atoms with Gasteiger partial charge in [0.05, 0.1) is 6.54 Å². The third-order valence-electron chi connectivity index (χ3n) is 1.24. The molecule has 0 fully saturated rings. The van der Waals surface area contributed by atoms with Gasteiger partial charge in [0.1, 0.15) is 0 Å². The summed E-state index contributed by atoms with van der Waals surface area (Å²) < 4.78 is 5.53. The molecule has 1 heterocycles. The van der Waals surface area contributed by atoms with Gasteiger partial charge in [0.2, 0.25) is 0 Å². The van der Waals surface area contributed by atoms with Gasteiger partial charge in [-0.15, -0.1) is 0 Å². The zero-order valence-electron chi connectivity index (χ0n) is 6.64. The molecule has 5 heteroatoms. The van der Waals surface area contributed by atoms with E-state index in [1.807, 2.05) is 0 Å². The molecule has 0 aliphatic rings. The maximum atomic E-state index is 11.2. The van der Waals surface area contributed by atoms with Crippen molar-refractivity contribution in [2.75, 3.05) is 6.54 Å². The first-order chi connectivity index (χ1) is 6.09. The summed E-state index contributed by atoms with van der Waals surface area (Å²) in [5.41, 5.74) is 0. The second-order valence-corrected chi connectivity index (χ2v) is 3.62. The van der Waals surface area contributed by atoms with E-state index in [0.29, 0.717) is 9.70 Å².